The number of Topliss-reactive ketones (excluding diaryl/α,β-unsaturated/α-hetero) is 1. The minimum atomic E-state index is -0.0287. The Hall–Kier alpha value is -2.40. The number of rotatable bonds is 7. The Labute approximate surface area is 157 Å². The van der Waals surface area contributed by atoms with E-state index in [1.807, 2.05) is 50.2 Å². The Morgan fingerprint density at radius 3 is 2.58 bits per heavy atom. The molecule has 0 unspecified atom stereocenters. The van der Waals surface area contributed by atoms with Crippen molar-refractivity contribution in [1.29, 1.82) is 0 Å². The SMILES string of the molecule is CCc1oc2ccccc2c1CN(C)C(=O)CCC(=O)c1ccc(C)s1. The lowest BCUT2D eigenvalue weighted by atomic mass is 10.1. The second kappa shape index (κ2) is 7.87. The van der Waals surface area contributed by atoms with Crippen LogP contribution < -0.4 is 0 Å². The maximum Gasteiger partial charge on any atom is 0.223 e. The quantitative estimate of drug-likeness (QED) is 0.552. The van der Waals surface area contributed by atoms with Crippen LogP contribution in [0.25, 0.3) is 11.0 Å². The van der Waals surface area contributed by atoms with Gasteiger partial charge in [-0.05, 0) is 25.1 Å². The van der Waals surface area contributed by atoms with Crippen LogP contribution in [-0.4, -0.2) is 23.6 Å². The number of fused-ring (bicyclic) bond motifs is 1. The maximum atomic E-state index is 12.5. The van der Waals surface area contributed by atoms with Gasteiger partial charge in [0.25, 0.3) is 0 Å². The fraction of sp³-hybridized carbons (Fsp3) is 0.333. The number of ketones is 1. The summed E-state index contributed by atoms with van der Waals surface area (Å²) in [4.78, 5) is 28.2. The summed E-state index contributed by atoms with van der Waals surface area (Å²) in [5.74, 6) is 0.919. The van der Waals surface area contributed by atoms with Crippen LogP contribution in [0.15, 0.2) is 40.8 Å². The van der Waals surface area contributed by atoms with Crippen molar-refractivity contribution in [1.82, 2.24) is 4.90 Å². The van der Waals surface area contributed by atoms with Crippen LogP contribution in [0, 0.1) is 6.92 Å². The Morgan fingerprint density at radius 2 is 1.88 bits per heavy atom. The number of nitrogens with zero attached hydrogens (tertiary/aromatic N) is 1. The smallest absolute Gasteiger partial charge is 0.223 e. The van der Waals surface area contributed by atoms with Gasteiger partial charge in [-0.25, -0.2) is 0 Å². The summed E-state index contributed by atoms with van der Waals surface area (Å²) in [7, 11) is 1.78. The number of amides is 1. The summed E-state index contributed by atoms with van der Waals surface area (Å²) in [6.45, 7) is 4.51. The fourth-order valence-corrected chi connectivity index (χ4v) is 3.89. The van der Waals surface area contributed by atoms with Crippen LogP contribution in [-0.2, 0) is 17.8 Å². The van der Waals surface area contributed by atoms with Gasteiger partial charge in [-0.15, -0.1) is 11.3 Å². The molecule has 0 radical (unpaired) electrons. The van der Waals surface area contributed by atoms with Crippen molar-refractivity contribution in [3.63, 3.8) is 0 Å². The largest absolute Gasteiger partial charge is 0.461 e. The highest BCUT2D eigenvalue weighted by atomic mass is 32.1. The molecule has 0 aliphatic carbocycles. The molecular formula is C21H23NO3S. The molecule has 136 valence electrons. The number of furan rings is 1. The molecule has 0 N–H and O–H groups in total. The summed E-state index contributed by atoms with van der Waals surface area (Å²) < 4.78 is 5.90. The molecule has 1 aromatic carbocycles. The number of thiophene rings is 1. The van der Waals surface area contributed by atoms with E-state index in [2.05, 4.69) is 0 Å². The van der Waals surface area contributed by atoms with Gasteiger partial charge in [-0.2, -0.15) is 0 Å². The molecule has 5 heteroatoms. The minimum Gasteiger partial charge on any atom is -0.461 e. The predicted molar refractivity (Wildman–Crippen MR) is 105 cm³/mol. The van der Waals surface area contributed by atoms with Crippen LogP contribution in [0.5, 0.6) is 0 Å². The molecule has 1 amide bonds. The third kappa shape index (κ3) is 3.88. The highest BCUT2D eigenvalue weighted by molar-refractivity contribution is 7.14. The summed E-state index contributed by atoms with van der Waals surface area (Å²) in [5.41, 5.74) is 1.91. The molecule has 26 heavy (non-hydrogen) atoms. The zero-order valence-electron chi connectivity index (χ0n) is 15.4. The standard InChI is InChI=1S/C21H23NO3S/c1-4-18-16(15-7-5-6-8-19(15)25-18)13-22(3)21(24)12-10-17(23)20-11-9-14(2)26-20/h5-9,11H,4,10,12-13H2,1-3H3. The van der Waals surface area contributed by atoms with Gasteiger partial charge in [0, 0.05) is 48.7 Å². The van der Waals surface area contributed by atoms with E-state index in [1.165, 1.54) is 11.3 Å². The maximum absolute atomic E-state index is 12.5. The first-order chi connectivity index (χ1) is 12.5. The Balaban J connectivity index is 1.65. The van der Waals surface area contributed by atoms with Crippen molar-refractivity contribution in [3.8, 4) is 0 Å². The van der Waals surface area contributed by atoms with Crippen molar-refractivity contribution in [2.45, 2.75) is 39.7 Å². The van der Waals surface area contributed by atoms with E-state index in [-0.39, 0.29) is 24.5 Å². The van der Waals surface area contributed by atoms with Gasteiger partial charge in [0.2, 0.25) is 5.91 Å². The van der Waals surface area contributed by atoms with Gasteiger partial charge in [0.05, 0.1) is 4.88 Å². The van der Waals surface area contributed by atoms with Crippen LogP contribution in [0.1, 0.15) is 45.6 Å². The van der Waals surface area contributed by atoms with Crippen LogP contribution in [0.2, 0.25) is 0 Å². The first-order valence-electron chi connectivity index (χ1n) is 8.82. The van der Waals surface area contributed by atoms with Crippen molar-refractivity contribution < 1.29 is 14.0 Å². The summed E-state index contributed by atoms with van der Waals surface area (Å²) in [6, 6.07) is 11.7. The van der Waals surface area contributed by atoms with E-state index in [4.69, 9.17) is 4.42 Å². The number of carbonyl (C=O) groups excluding carboxylic acids is 2. The molecular weight excluding hydrogens is 346 g/mol. The topological polar surface area (TPSA) is 50.5 Å². The molecule has 0 saturated heterocycles. The number of benzene rings is 1. The summed E-state index contributed by atoms with van der Waals surface area (Å²) in [5, 5.41) is 1.05. The minimum absolute atomic E-state index is 0.0287. The lowest BCUT2D eigenvalue weighted by molar-refractivity contribution is -0.130. The molecule has 0 aliphatic heterocycles. The molecule has 0 atom stereocenters. The number of carbonyl (C=O) groups is 2. The van der Waals surface area contributed by atoms with Gasteiger partial charge in [-0.3, -0.25) is 9.59 Å². The van der Waals surface area contributed by atoms with E-state index >= 15 is 0 Å². The molecule has 2 heterocycles. The Bertz CT molecular complexity index is 938. The average Bonchev–Trinajstić information content (AvgIpc) is 3.23. The third-order valence-corrected chi connectivity index (χ3v) is 5.55. The Kier molecular flexibility index (Phi) is 5.57. The number of hydrogen-bond donors (Lipinski definition) is 0. The molecule has 3 aromatic rings. The molecule has 0 bridgehead atoms. The van der Waals surface area contributed by atoms with E-state index in [0.29, 0.717) is 6.54 Å². The van der Waals surface area contributed by atoms with Crippen LogP contribution in [0.3, 0.4) is 0 Å². The third-order valence-electron chi connectivity index (χ3n) is 4.51. The number of para-hydroxylation sites is 1. The highest BCUT2D eigenvalue weighted by Crippen LogP contribution is 2.27. The van der Waals surface area contributed by atoms with Crippen LogP contribution >= 0.6 is 11.3 Å². The molecule has 0 fully saturated rings. The van der Waals surface area contributed by atoms with Gasteiger partial charge in [-0.1, -0.05) is 25.1 Å². The van der Waals surface area contributed by atoms with Crippen molar-refractivity contribution in [2.75, 3.05) is 7.05 Å². The zero-order valence-corrected chi connectivity index (χ0v) is 16.2. The van der Waals surface area contributed by atoms with Gasteiger partial charge < -0.3 is 9.32 Å². The number of aryl methyl sites for hydroxylation is 2. The lowest BCUT2D eigenvalue weighted by Crippen LogP contribution is -2.26. The van der Waals surface area contributed by atoms with Crippen molar-refractivity contribution in [3.05, 3.63) is 57.5 Å². The van der Waals surface area contributed by atoms with Gasteiger partial charge in [0.15, 0.2) is 5.78 Å². The van der Waals surface area contributed by atoms with E-state index in [1.54, 1.807) is 11.9 Å². The number of hydrogen-bond acceptors (Lipinski definition) is 4. The zero-order chi connectivity index (χ0) is 18.7. The normalized spacial score (nSPS) is 11.0. The average molecular weight is 369 g/mol. The molecule has 0 spiro atoms. The fourth-order valence-electron chi connectivity index (χ4n) is 3.05. The molecule has 0 aliphatic rings. The molecule has 3 rings (SSSR count). The van der Waals surface area contributed by atoms with E-state index < -0.39 is 0 Å². The van der Waals surface area contributed by atoms with Gasteiger partial charge in [0.1, 0.15) is 11.3 Å². The van der Waals surface area contributed by atoms with Crippen LogP contribution in [0.4, 0.5) is 0 Å². The molecule has 0 saturated carbocycles. The first-order valence-corrected chi connectivity index (χ1v) is 9.64. The molecule has 4 nitrogen and oxygen atoms in total. The summed E-state index contributed by atoms with van der Waals surface area (Å²) in [6.07, 6.45) is 1.25. The van der Waals surface area contributed by atoms with E-state index in [9.17, 15) is 9.59 Å². The highest BCUT2D eigenvalue weighted by Gasteiger charge is 2.18. The van der Waals surface area contributed by atoms with E-state index in [0.717, 1.165) is 38.5 Å². The summed E-state index contributed by atoms with van der Waals surface area (Å²) >= 11 is 1.48. The Morgan fingerprint density at radius 1 is 1.12 bits per heavy atom. The first kappa shape index (κ1) is 18.4. The van der Waals surface area contributed by atoms with Gasteiger partial charge >= 0.3 is 0 Å². The predicted octanol–water partition coefficient (Wildman–Crippen LogP) is 4.99. The van der Waals surface area contributed by atoms with Crippen molar-refractivity contribution in [2.24, 2.45) is 0 Å². The van der Waals surface area contributed by atoms with Crippen molar-refractivity contribution >= 4 is 34.0 Å². The molecule has 2 aromatic heterocycles. The second-order valence-corrected chi connectivity index (χ2v) is 7.72. The second-order valence-electron chi connectivity index (χ2n) is 6.44. The lowest BCUT2D eigenvalue weighted by Gasteiger charge is -2.17. The monoisotopic (exact) mass is 369 g/mol.